The Bertz CT molecular complexity index is 906. The average molecular weight is 377 g/mol. The van der Waals surface area contributed by atoms with E-state index < -0.39 is 0 Å². The average Bonchev–Trinajstić information content (AvgIpc) is 2.69. The molecule has 6 heteroatoms. The van der Waals surface area contributed by atoms with E-state index in [-0.39, 0.29) is 5.92 Å². The van der Waals surface area contributed by atoms with Crippen molar-refractivity contribution in [2.24, 2.45) is 5.92 Å². The van der Waals surface area contributed by atoms with Crippen molar-refractivity contribution in [2.45, 2.75) is 33.6 Å². The minimum absolute atomic E-state index is 0.123. The topological polar surface area (TPSA) is 79.0 Å². The van der Waals surface area contributed by atoms with Gasteiger partial charge in [0.1, 0.15) is 5.69 Å². The highest BCUT2D eigenvalue weighted by Gasteiger charge is 2.25. The zero-order valence-corrected chi connectivity index (χ0v) is 17.1. The maximum absolute atomic E-state index is 9.19. The lowest BCUT2D eigenvalue weighted by Gasteiger charge is -2.34. The van der Waals surface area contributed by atoms with Crippen molar-refractivity contribution in [1.82, 2.24) is 4.98 Å². The molecule has 0 amide bonds. The first-order chi connectivity index (χ1) is 13.4. The first kappa shape index (κ1) is 19.7. The molecule has 28 heavy (non-hydrogen) atoms. The van der Waals surface area contributed by atoms with Crippen LogP contribution in [-0.4, -0.2) is 31.3 Å². The second kappa shape index (κ2) is 8.30. The Hall–Kier alpha value is -3.07. The van der Waals surface area contributed by atoms with Gasteiger partial charge in [0.05, 0.1) is 11.8 Å². The minimum atomic E-state index is 0.123. The van der Waals surface area contributed by atoms with Gasteiger partial charge in [-0.3, -0.25) is 10.4 Å². The number of rotatable bonds is 5. The Morgan fingerprint density at radius 1 is 1.25 bits per heavy atom. The molecule has 1 aromatic carbocycles. The van der Waals surface area contributed by atoms with Crippen LogP contribution in [0.1, 0.15) is 35.2 Å². The number of nitrogens with zero attached hydrogens (tertiary/aromatic N) is 4. The Morgan fingerprint density at radius 3 is 2.57 bits per heavy atom. The number of pyridine rings is 1. The summed E-state index contributed by atoms with van der Waals surface area (Å²) in [5.41, 5.74) is 9.47. The van der Waals surface area contributed by atoms with E-state index in [0.29, 0.717) is 0 Å². The van der Waals surface area contributed by atoms with Crippen molar-refractivity contribution in [3.05, 3.63) is 46.6 Å². The van der Waals surface area contributed by atoms with Gasteiger partial charge in [-0.2, -0.15) is 5.26 Å². The van der Waals surface area contributed by atoms with Gasteiger partial charge in [-0.05, 0) is 51.3 Å². The number of piperidine rings is 1. The standard InChI is InChI=1S/C22H28N6/c1-15-5-6-20(16(2)11-15)26-27(4)21-19(14-24)12-17(3)25-22(21)28-9-7-18(13-23)8-10-28/h5-6,11-12,14,18,24,26H,7-10H2,1-4H3. The van der Waals surface area contributed by atoms with Gasteiger partial charge in [-0.1, -0.05) is 17.7 Å². The van der Waals surface area contributed by atoms with Crippen LogP contribution in [0.5, 0.6) is 0 Å². The summed E-state index contributed by atoms with van der Waals surface area (Å²) in [4.78, 5) is 7.05. The summed E-state index contributed by atoms with van der Waals surface area (Å²) < 4.78 is 0. The number of hydrogen-bond acceptors (Lipinski definition) is 6. The lowest BCUT2D eigenvalue weighted by atomic mass is 9.98. The highest BCUT2D eigenvalue weighted by molar-refractivity contribution is 5.91. The SMILES string of the molecule is Cc1ccc(NN(C)c2c(C=N)cc(C)nc2N2CCC(C#N)CC2)c(C)c1. The van der Waals surface area contributed by atoms with E-state index in [1.807, 2.05) is 25.0 Å². The number of nitriles is 1. The Morgan fingerprint density at radius 2 is 1.96 bits per heavy atom. The molecule has 0 radical (unpaired) electrons. The molecule has 6 nitrogen and oxygen atoms in total. The van der Waals surface area contributed by atoms with Gasteiger partial charge >= 0.3 is 0 Å². The summed E-state index contributed by atoms with van der Waals surface area (Å²) in [7, 11) is 1.96. The van der Waals surface area contributed by atoms with Crippen molar-refractivity contribution >= 4 is 23.4 Å². The van der Waals surface area contributed by atoms with Gasteiger partial charge in [-0.15, -0.1) is 0 Å². The molecule has 1 fully saturated rings. The van der Waals surface area contributed by atoms with Crippen LogP contribution in [0.4, 0.5) is 17.2 Å². The number of hydrazine groups is 1. The smallest absolute Gasteiger partial charge is 0.155 e. The molecule has 0 bridgehead atoms. The largest absolute Gasteiger partial charge is 0.355 e. The van der Waals surface area contributed by atoms with Gasteiger partial charge in [-0.25, -0.2) is 4.98 Å². The molecule has 0 saturated carbocycles. The van der Waals surface area contributed by atoms with E-state index in [1.165, 1.54) is 17.3 Å². The summed E-state index contributed by atoms with van der Waals surface area (Å²) >= 11 is 0. The van der Waals surface area contributed by atoms with E-state index in [0.717, 1.165) is 54.4 Å². The third-order valence-electron chi connectivity index (χ3n) is 5.27. The zero-order valence-electron chi connectivity index (χ0n) is 17.1. The Kier molecular flexibility index (Phi) is 5.84. The van der Waals surface area contributed by atoms with Crippen LogP contribution in [0.15, 0.2) is 24.3 Å². The summed E-state index contributed by atoms with van der Waals surface area (Å²) in [6, 6.07) is 10.6. The first-order valence-electron chi connectivity index (χ1n) is 9.67. The molecular formula is C22H28N6. The molecule has 0 spiro atoms. The van der Waals surface area contributed by atoms with Crippen LogP contribution in [0.2, 0.25) is 0 Å². The number of nitrogens with one attached hydrogen (secondary N) is 2. The molecule has 1 aromatic heterocycles. The number of hydrogen-bond donors (Lipinski definition) is 2. The van der Waals surface area contributed by atoms with Crippen LogP contribution in [-0.2, 0) is 0 Å². The molecular weight excluding hydrogens is 348 g/mol. The maximum Gasteiger partial charge on any atom is 0.155 e. The third-order valence-corrected chi connectivity index (χ3v) is 5.27. The summed E-state index contributed by atoms with van der Waals surface area (Å²) in [6.45, 7) is 7.73. The molecule has 2 heterocycles. The highest BCUT2D eigenvalue weighted by atomic mass is 15.5. The lowest BCUT2D eigenvalue weighted by Crippen LogP contribution is -2.36. The number of aromatic nitrogens is 1. The van der Waals surface area contributed by atoms with Crippen LogP contribution in [0.25, 0.3) is 0 Å². The predicted octanol–water partition coefficient (Wildman–Crippen LogP) is 4.21. The molecule has 2 N–H and O–H groups in total. The van der Waals surface area contributed by atoms with Gasteiger partial charge in [0, 0.05) is 43.5 Å². The van der Waals surface area contributed by atoms with Gasteiger partial charge in [0.15, 0.2) is 5.82 Å². The molecule has 0 aliphatic carbocycles. The summed E-state index contributed by atoms with van der Waals surface area (Å²) in [5, 5.41) is 19.1. The predicted molar refractivity (Wildman–Crippen MR) is 115 cm³/mol. The summed E-state index contributed by atoms with van der Waals surface area (Å²) in [5.74, 6) is 0.993. The van der Waals surface area contributed by atoms with Crippen molar-refractivity contribution in [2.75, 3.05) is 35.5 Å². The molecule has 146 valence electrons. The van der Waals surface area contributed by atoms with Crippen molar-refractivity contribution in [3.63, 3.8) is 0 Å². The Labute approximate surface area is 167 Å². The second-order valence-corrected chi connectivity index (χ2v) is 7.55. The van der Waals surface area contributed by atoms with Crippen LogP contribution in [0.3, 0.4) is 0 Å². The molecule has 0 atom stereocenters. The fraction of sp³-hybridized carbons (Fsp3) is 0.409. The van der Waals surface area contributed by atoms with E-state index >= 15 is 0 Å². The van der Waals surface area contributed by atoms with E-state index in [9.17, 15) is 5.26 Å². The van der Waals surface area contributed by atoms with Crippen LogP contribution >= 0.6 is 0 Å². The third kappa shape index (κ3) is 4.09. The van der Waals surface area contributed by atoms with Gasteiger partial charge in [0.2, 0.25) is 0 Å². The molecule has 3 rings (SSSR count). The maximum atomic E-state index is 9.19. The van der Waals surface area contributed by atoms with Crippen LogP contribution in [0, 0.1) is 43.4 Å². The van der Waals surface area contributed by atoms with Gasteiger partial charge < -0.3 is 10.3 Å². The van der Waals surface area contributed by atoms with Crippen LogP contribution < -0.4 is 15.3 Å². The summed E-state index contributed by atoms with van der Waals surface area (Å²) in [6.07, 6.45) is 3.08. The molecule has 1 aliphatic rings. The normalized spacial score (nSPS) is 14.5. The minimum Gasteiger partial charge on any atom is -0.355 e. The highest BCUT2D eigenvalue weighted by Crippen LogP contribution is 2.34. The molecule has 0 unspecified atom stereocenters. The van der Waals surface area contributed by atoms with Gasteiger partial charge in [0.25, 0.3) is 0 Å². The van der Waals surface area contributed by atoms with E-state index in [4.69, 9.17) is 10.4 Å². The number of aryl methyl sites for hydroxylation is 3. The zero-order chi connectivity index (χ0) is 20.3. The fourth-order valence-electron chi connectivity index (χ4n) is 3.74. The fourth-order valence-corrected chi connectivity index (χ4v) is 3.74. The molecule has 1 aliphatic heterocycles. The van der Waals surface area contributed by atoms with E-state index in [2.05, 4.69) is 48.4 Å². The van der Waals surface area contributed by atoms with Crippen molar-refractivity contribution < 1.29 is 0 Å². The first-order valence-corrected chi connectivity index (χ1v) is 9.67. The van der Waals surface area contributed by atoms with Crippen molar-refractivity contribution in [1.29, 1.82) is 10.7 Å². The monoisotopic (exact) mass is 376 g/mol. The lowest BCUT2D eigenvalue weighted by molar-refractivity contribution is 0.485. The molecule has 2 aromatic rings. The Balaban J connectivity index is 1.96. The second-order valence-electron chi connectivity index (χ2n) is 7.55. The quantitative estimate of drug-likeness (QED) is 0.604. The molecule has 1 saturated heterocycles. The van der Waals surface area contributed by atoms with E-state index in [1.54, 1.807) is 0 Å². The van der Waals surface area contributed by atoms with Crippen molar-refractivity contribution in [3.8, 4) is 6.07 Å². The number of anilines is 3. The number of benzene rings is 1.